The van der Waals surface area contributed by atoms with E-state index in [2.05, 4.69) is 21.4 Å². The molecule has 5 rings (SSSR count). The smallest absolute Gasteiger partial charge is 0.408 e. The van der Waals surface area contributed by atoms with Gasteiger partial charge in [0, 0.05) is 31.6 Å². The summed E-state index contributed by atoms with van der Waals surface area (Å²) in [5.41, 5.74) is 1.35. The number of hydrogen-bond donors (Lipinski definition) is 4. The summed E-state index contributed by atoms with van der Waals surface area (Å²) in [6, 6.07) is 5.96. The van der Waals surface area contributed by atoms with Crippen LogP contribution in [0.5, 0.6) is 0 Å². The normalized spacial score (nSPS) is 25.2. The van der Waals surface area contributed by atoms with Crippen molar-refractivity contribution in [3.8, 4) is 0 Å². The third-order valence-corrected chi connectivity index (χ3v) is 9.26. The van der Waals surface area contributed by atoms with E-state index in [1.54, 1.807) is 57.2 Å². The number of likely N-dealkylation sites (tertiary alicyclic amines) is 1. The Morgan fingerprint density at radius 1 is 1.08 bits per heavy atom. The number of benzene rings is 1. The Labute approximate surface area is 286 Å². The third-order valence-electron chi connectivity index (χ3n) is 9.26. The Morgan fingerprint density at radius 2 is 1.82 bits per heavy atom. The predicted molar refractivity (Wildman–Crippen MR) is 177 cm³/mol. The number of rotatable bonds is 13. The lowest BCUT2D eigenvalue weighted by molar-refractivity contribution is -0.143. The van der Waals surface area contributed by atoms with Crippen molar-refractivity contribution in [2.45, 2.75) is 108 Å². The van der Waals surface area contributed by atoms with Crippen LogP contribution in [-0.2, 0) is 33.4 Å². The molecule has 3 aliphatic heterocycles. The number of carbonyl (C=O) groups excluding carboxylic acids is 5. The molecule has 3 heterocycles. The zero-order valence-electron chi connectivity index (χ0n) is 28.9. The van der Waals surface area contributed by atoms with Crippen LogP contribution < -0.4 is 21.4 Å². The molecule has 4 N–H and O–H groups in total. The lowest BCUT2D eigenvalue weighted by Gasteiger charge is -2.36. The molecule has 14 heteroatoms. The molecule has 1 aliphatic carbocycles. The highest BCUT2D eigenvalue weighted by atomic mass is 16.7. The number of ketones is 1. The molecule has 1 aromatic rings. The highest BCUT2D eigenvalue weighted by Crippen LogP contribution is 2.37. The average Bonchev–Trinajstić information content (AvgIpc) is 3.41. The van der Waals surface area contributed by atoms with Gasteiger partial charge in [0.25, 0.3) is 5.91 Å². The van der Waals surface area contributed by atoms with Crippen molar-refractivity contribution in [2.24, 2.45) is 5.41 Å². The highest BCUT2D eigenvalue weighted by Gasteiger charge is 2.54. The number of ether oxygens (including phenoxy) is 3. The number of amides is 4. The summed E-state index contributed by atoms with van der Waals surface area (Å²) in [6.45, 7) is 8.02. The number of allylic oxidation sites excluding steroid dienone is 1. The van der Waals surface area contributed by atoms with Crippen molar-refractivity contribution in [3.63, 3.8) is 0 Å². The van der Waals surface area contributed by atoms with E-state index in [1.165, 1.54) is 12.0 Å². The summed E-state index contributed by atoms with van der Waals surface area (Å²) in [5.74, 6) is -1.64. The molecule has 268 valence electrons. The summed E-state index contributed by atoms with van der Waals surface area (Å²) in [7, 11) is 1.43. The van der Waals surface area contributed by atoms with Crippen molar-refractivity contribution in [1.82, 2.24) is 26.3 Å². The quantitative estimate of drug-likeness (QED) is 0.226. The van der Waals surface area contributed by atoms with Crippen LogP contribution in [0.4, 0.5) is 4.79 Å². The number of carbonyl (C=O) groups is 5. The summed E-state index contributed by atoms with van der Waals surface area (Å²) in [6.07, 6.45) is 2.96. The van der Waals surface area contributed by atoms with Crippen molar-refractivity contribution in [3.05, 3.63) is 47.7 Å². The Balaban J connectivity index is 1.42. The third kappa shape index (κ3) is 8.78. The van der Waals surface area contributed by atoms with Crippen LogP contribution >= 0.6 is 0 Å². The first-order valence-electron chi connectivity index (χ1n) is 17.1. The molecule has 4 aliphatic rings. The van der Waals surface area contributed by atoms with Gasteiger partial charge >= 0.3 is 6.09 Å². The SMILES string of the molecule is CCC[C@H](NC(=O)[C@@H]1C[C@]2(C=C(C(=O)c3ccccc3)NO2)CN1C(=O)[C@@H](NC(=O)O[C@H]1CCOC1)C(C)(C)C)C(OC)C(=O)NC1CC1. The molecule has 14 nitrogen and oxygen atoms in total. The second-order valence-electron chi connectivity index (χ2n) is 14.4. The topological polar surface area (TPSA) is 174 Å². The van der Waals surface area contributed by atoms with Gasteiger partial charge in [-0.15, -0.1) is 0 Å². The van der Waals surface area contributed by atoms with E-state index in [0.717, 1.165) is 12.8 Å². The molecular weight excluding hydrogens is 634 g/mol. The van der Waals surface area contributed by atoms with E-state index < -0.39 is 59.3 Å². The molecule has 1 aromatic carbocycles. The number of hydrogen-bond acceptors (Lipinski definition) is 10. The van der Waals surface area contributed by atoms with E-state index in [0.29, 0.717) is 31.4 Å². The first-order valence-corrected chi connectivity index (χ1v) is 17.1. The lowest BCUT2D eigenvalue weighted by atomic mass is 9.85. The predicted octanol–water partition coefficient (Wildman–Crippen LogP) is 2.14. The molecule has 0 bridgehead atoms. The van der Waals surface area contributed by atoms with Gasteiger partial charge in [0.1, 0.15) is 29.5 Å². The van der Waals surface area contributed by atoms with E-state index in [4.69, 9.17) is 19.0 Å². The molecule has 4 amide bonds. The van der Waals surface area contributed by atoms with Crippen LogP contribution in [-0.4, -0.2) is 103 Å². The second-order valence-corrected chi connectivity index (χ2v) is 14.4. The largest absolute Gasteiger partial charge is 0.444 e. The Bertz CT molecular complexity index is 1420. The van der Waals surface area contributed by atoms with Gasteiger partial charge in [-0.3, -0.25) is 29.5 Å². The van der Waals surface area contributed by atoms with Crippen molar-refractivity contribution in [2.75, 3.05) is 26.9 Å². The van der Waals surface area contributed by atoms with Crippen LogP contribution in [0.3, 0.4) is 0 Å². The van der Waals surface area contributed by atoms with Crippen LogP contribution in [0, 0.1) is 5.41 Å². The van der Waals surface area contributed by atoms with Gasteiger partial charge in [0.15, 0.2) is 6.10 Å². The minimum Gasteiger partial charge on any atom is -0.444 e. The van der Waals surface area contributed by atoms with Gasteiger partial charge in [0.05, 0.1) is 25.8 Å². The number of nitrogens with zero attached hydrogens (tertiary/aromatic N) is 1. The van der Waals surface area contributed by atoms with E-state index in [-0.39, 0.29) is 43.0 Å². The lowest BCUT2D eigenvalue weighted by Crippen LogP contribution is -2.60. The van der Waals surface area contributed by atoms with E-state index in [1.807, 2.05) is 6.92 Å². The first kappa shape index (κ1) is 36.3. The number of Topliss-reactive ketones (excluding diaryl/α,β-unsaturated/α-hetero) is 1. The molecular formula is C35H49N5O9. The maximum Gasteiger partial charge on any atom is 0.408 e. The molecule has 6 atom stereocenters. The van der Waals surface area contributed by atoms with E-state index in [9.17, 15) is 24.0 Å². The highest BCUT2D eigenvalue weighted by molar-refractivity contribution is 6.08. The first-order chi connectivity index (χ1) is 23.3. The zero-order chi connectivity index (χ0) is 35.3. The number of methoxy groups -OCH3 is 1. The van der Waals surface area contributed by atoms with Crippen LogP contribution in [0.25, 0.3) is 0 Å². The Hall–Kier alpha value is -4.01. The average molecular weight is 684 g/mol. The summed E-state index contributed by atoms with van der Waals surface area (Å²) in [5, 5.41) is 8.68. The van der Waals surface area contributed by atoms with Gasteiger partial charge in [0.2, 0.25) is 17.6 Å². The van der Waals surface area contributed by atoms with Crippen molar-refractivity contribution in [1.29, 1.82) is 0 Å². The Morgan fingerprint density at radius 3 is 2.43 bits per heavy atom. The monoisotopic (exact) mass is 683 g/mol. The number of hydroxylamine groups is 1. The molecule has 1 spiro atoms. The van der Waals surface area contributed by atoms with E-state index >= 15 is 0 Å². The standard InChI is InChI=1S/C35H49N5O9/c1-6-10-24(28(46-5)31(43)36-22-13-14-22)37-30(42)26-18-35(17-25(39-49-35)27(41)21-11-8-7-9-12-21)20-40(26)32(44)29(34(2,3)4)38-33(45)48-23-15-16-47-19-23/h7-9,11-12,17,22-24,26,28-29,39H,6,10,13-16,18-20H2,1-5H3,(H,36,43)(H,37,42)(H,38,45)/t23-,24-,26-,28?,29+,35+/m0/s1. The van der Waals surface area contributed by atoms with Gasteiger partial charge in [-0.1, -0.05) is 64.4 Å². The zero-order valence-corrected chi connectivity index (χ0v) is 28.9. The van der Waals surface area contributed by atoms with Gasteiger partial charge < -0.3 is 35.1 Å². The molecule has 0 aromatic heterocycles. The fourth-order valence-electron chi connectivity index (χ4n) is 6.46. The molecule has 3 fully saturated rings. The fraction of sp³-hybridized carbons (Fsp3) is 0.629. The summed E-state index contributed by atoms with van der Waals surface area (Å²) < 4.78 is 16.4. The molecule has 1 unspecified atom stereocenters. The maximum absolute atomic E-state index is 14.5. The summed E-state index contributed by atoms with van der Waals surface area (Å²) in [4.78, 5) is 75.5. The Kier molecular flexibility index (Phi) is 11.3. The van der Waals surface area contributed by atoms with Crippen LogP contribution in [0.15, 0.2) is 42.1 Å². The molecule has 1 saturated carbocycles. The van der Waals surface area contributed by atoms with Gasteiger partial charge in [-0.2, -0.15) is 0 Å². The maximum atomic E-state index is 14.5. The minimum absolute atomic E-state index is 0.00856. The number of nitrogens with one attached hydrogen (secondary N) is 4. The molecule has 0 radical (unpaired) electrons. The van der Waals surface area contributed by atoms with Gasteiger partial charge in [-0.05, 0) is 30.8 Å². The molecule has 49 heavy (non-hydrogen) atoms. The van der Waals surface area contributed by atoms with Crippen LogP contribution in [0.1, 0.15) is 76.6 Å². The van der Waals surface area contributed by atoms with Crippen molar-refractivity contribution < 1.29 is 43.0 Å². The fourth-order valence-corrected chi connectivity index (χ4v) is 6.46. The van der Waals surface area contributed by atoms with Crippen LogP contribution in [0.2, 0.25) is 0 Å². The molecule has 2 saturated heterocycles. The minimum atomic E-state index is -1.23. The summed E-state index contributed by atoms with van der Waals surface area (Å²) >= 11 is 0. The number of alkyl carbamates (subject to hydrolysis) is 1. The van der Waals surface area contributed by atoms with Crippen molar-refractivity contribution >= 4 is 29.6 Å². The second kappa shape index (κ2) is 15.3. The van der Waals surface area contributed by atoms with Gasteiger partial charge in [-0.25, -0.2) is 4.79 Å².